The zero-order valence-corrected chi connectivity index (χ0v) is 15.9. The highest BCUT2D eigenvalue weighted by Gasteiger charge is 2.27. The minimum atomic E-state index is 0.455. The highest BCUT2D eigenvalue weighted by molar-refractivity contribution is 6.18. The standard InChI is InChI=1S/C20H41Cl/c1-4-7-10-13-16-20(19-21,17-14-11-8-5-2)18-15-12-9-6-3/h4-19H2,1-3H3. The molecule has 0 unspecified atom stereocenters. The molecule has 0 radical (unpaired) electrons. The maximum atomic E-state index is 6.46. The molecule has 0 aromatic carbocycles. The van der Waals surface area contributed by atoms with E-state index in [0.717, 1.165) is 5.88 Å². The number of unbranched alkanes of at least 4 members (excludes halogenated alkanes) is 9. The molecule has 0 atom stereocenters. The molecule has 0 bridgehead atoms. The second-order valence-corrected chi connectivity index (χ2v) is 7.33. The van der Waals surface area contributed by atoms with Crippen molar-refractivity contribution < 1.29 is 0 Å². The second kappa shape index (κ2) is 15.2. The minimum absolute atomic E-state index is 0.455. The molecule has 0 amide bonds. The van der Waals surface area contributed by atoms with Crippen molar-refractivity contribution in [1.29, 1.82) is 0 Å². The number of rotatable bonds is 16. The van der Waals surface area contributed by atoms with Crippen LogP contribution >= 0.6 is 11.6 Å². The van der Waals surface area contributed by atoms with Gasteiger partial charge in [-0.05, 0) is 24.7 Å². The van der Waals surface area contributed by atoms with Crippen LogP contribution in [0.4, 0.5) is 0 Å². The molecule has 0 aromatic heterocycles. The molecule has 0 fully saturated rings. The summed E-state index contributed by atoms with van der Waals surface area (Å²) in [6.07, 6.45) is 20.7. The molecular formula is C20H41Cl. The first-order valence-electron chi connectivity index (χ1n) is 9.80. The Morgan fingerprint density at radius 3 is 1.10 bits per heavy atom. The predicted octanol–water partition coefficient (Wildman–Crippen LogP) is 8.12. The van der Waals surface area contributed by atoms with E-state index in [4.69, 9.17) is 11.6 Å². The van der Waals surface area contributed by atoms with Crippen molar-refractivity contribution in [3.63, 3.8) is 0 Å². The van der Waals surface area contributed by atoms with Crippen LogP contribution in [0.1, 0.15) is 117 Å². The Hall–Kier alpha value is 0.290. The summed E-state index contributed by atoms with van der Waals surface area (Å²) < 4.78 is 0. The van der Waals surface area contributed by atoms with Gasteiger partial charge in [0.15, 0.2) is 0 Å². The lowest BCUT2D eigenvalue weighted by Gasteiger charge is -2.32. The summed E-state index contributed by atoms with van der Waals surface area (Å²) in [4.78, 5) is 0. The first-order valence-corrected chi connectivity index (χ1v) is 10.3. The maximum Gasteiger partial charge on any atom is 0.0279 e. The number of hydrogen-bond donors (Lipinski definition) is 0. The van der Waals surface area contributed by atoms with Crippen LogP contribution in [0.25, 0.3) is 0 Å². The molecule has 0 N–H and O–H groups in total. The summed E-state index contributed by atoms with van der Waals surface area (Å²) in [5.41, 5.74) is 0.455. The molecule has 0 saturated carbocycles. The molecule has 0 nitrogen and oxygen atoms in total. The van der Waals surface area contributed by atoms with Crippen LogP contribution in [0.3, 0.4) is 0 Å². The molecule has 128 valence electrons. The Balaban J connectivity index is 4.22. The van der Waals surface area contributed by atoms with Gasteiger partial charge in [0.1, 0.15) is 0 Å². The first-order chi connectivity index (χ1) is 10.2. The predicted molar refractivity (Wildman–Crippen MR) is 99.4 cm³/mol. The molecule has 0 rings (SSSR count). The van der Waals surface area contributed by atoms with Gasteiger partial charge in [0, 0.05) is 5.88 Å². The van der Waals surface area contributed by atoms with Crippen molar-refractivity contribution in [2.45, 2.75) is 117 Å². The highest BCUT2D eigenvalue weighted by Crippen LogP contribution is 2.38. The molecule has 0 aliphatic heterocycles. The largest absolute Gasteiger partial charge is 0.126 e. The lowest BCUT2D eigenvalue weighted by Crippen LogP contribution is -2.23. The van der Waals surface area contributed by atoms with E-state index in [9.17, 15) is 0 Å². The van der Waals surface area contributed by atoms with Gasteiger partial charge in [-0.3, -0.25) is 0 Å². The topological polar surface area (TPSA) is 0 Å². The Bertz CT molecular complexity index is 169. The Labute approximate surface area is 140 Å². The summed E-state index contributed by atoms with van der Waals surface area (Å²) in [5.74, 6) is 0.886. The van der Waals surface area contributed by atoms with Gasteiger partial charge < -0.3 is 0 Å². The van der Waals surface area contributed by atoms with Crippen molar-refractivity contribution in [1.82, 2.24) is 0 Å². The Morgan fingerprint density at radius 1 is 0.524 bits per heavy atom. The van der Waals surface area contributed by atoms with E-state index in [-0.39, 0.29) is 0 Å². The van der Waals surface area contributed by atoms with Crippen LogP contribution < -0.4 is 0 Å². The smallest absolute Gasteiger partial charge is 0.0279 e. The van der Waals surface area contributed by atoms with Gasteiger partial charge in [-0.1, -0.05) is 97.8 Å². The molecule has 0 saturated heterocycles. The summed E-state index contributed by atoms with van der Waals surface area (Å²) >= 11 is 6.46. The third-order valence-corrected chi connectivity index (χ3v) is 5.53. The fraction of sp³-hybridized carbons (Fsp3) is 1.00. The van der Waals surface area contributed by atoms with E-state index in [0.29, 0.717) is 5.41 Å². The van der Waals surface area contributed by atoms with Crippen LogP contribution in [-0.4, -0.2) is 5.88 Å². The molecule has 0 aliphatic rings. The normalized spacial score (nSPS) is 12.0. The van der Waals surface area contributed by atoms with Crippen molar-refractivity contribution in [2.75, 3.05) is 5.88 Å². The van der Waals surface area contributed by atoms with Crippen molar-refractivity contribution in [2.24, 2.45) is 5.41 Å². The lowest BCUT2D eigenvalue weighted by atomic mass is 9.75. The molecule has 0 heterocycles. The number of alkyl halides is 1. The van der Waals surface area contributed by atoms with E-state index in [2.05, 4.69) is 20.8 Å². The highest BCUT2D eigenvalue weighted by atomic mass is 35.5. The van der Waals surface area contributed by atoms with Crippen LogP contribution in [0.15, 0.2) is 0 Å². The minimum Gasteiger partial charge on any atom is -0.126 e. The molecule has 0 spiro atoms. The van der Waals surface area contributed by atoms with E-state index >= 15 is 0 Å². The van der Waals surface area contributed by atoms with Crippen molar-refractivity contribution in [3.8, 4) is 0 Å². The monoisotopic (exact) mass is 316 g/mol. The van der Waals surface area contributed by atoms with Crippen LogP contribution in [0.2, 0.25) is 0 Å². The number of hydrogen-bond acceptors (Lipinski definition) is 0. The quantitative estimate of drug-likeness (QED) is 0.199. The first kappa shape index (κ1) is 21.3. The fourth-order valence-corrected chi connectivity index (χ4v) is 3.76. The second-order valence-electron chi connectivity index (χ2n) is 7.07. The third-order valence-electron chi connectivity index (χ3n) is 4.97. The van der Waals surface area contributed by atoms with E-state index in [1.807, 2.05) is 0 Å². The van der Waals surface area contributed by atoms with Crippen LogP contribution in [0.5, 0.6) is 0 Å². The average molecular weight is 317 g/mol. The maximum absolute atomic E-state index is 6.46. The van der Waals surface area contributed by atoms with Gasteiger partial charge in [0.2, 0.25) is 0 Å². The Morgan fingerprint density at radius 2 is 0.857 bits per heavy atom. The molecule has 0 aromatic rings. The van der Waals surface area contributed by atoms with Gasteiger partial charge in [0.25, 0.3) is 0 Å². The zero-order valence-electron chi connectivity index (χ0n) is 15.2. The van der Waals surface area contributed by atoms with E-state index in [1.165, 1.54) is 96.3 Å². The van der Waals surface area contributed by atoms with Crippen LogP contribution in [0, 0.1) is 5.41 Å². The summed E-state index contributed by atoms with van der Waals surface area (Å²) in [6.45, 7) is 6.89. The molecule has 21 heavy (non-hydrogen) atoms. The molecule has 0 aliphatic carbocycles. The van der Waals surface area contributed by atoms with Gasteiger partial charge in [-0.25, -0.2) is 0 Å². The van der Waals surface area contributed by atoms with E-state index < -0.39 is 0 Å². The van der Waals surface area contributed by atoms with Gasteiger partial charge in [0.05, 0.1) is 0 Å². The van der Waals surface area contributed by atoms with Crippen molar-refractivity contribution in [3.05, 3.63) is 0 Å². The SMILES string of the molecule is CCCCCCC(CCl)(CCCCCC)CCCCCC. The summed E-state index contributed by atoms with van der Waals surface area (Å²) in [5, 5.41) is 0. The fourth-order valence-electron chi connectivity index (χ4n) is 3.36. The van der Waals surface area contributed by atoms with Gasteiger partial charge in [-0.15, -0.1) is 11.6 Å². The van der Waals surface area contributed by atoms with Crippen molar-refractivity contribution >= 4 is 11.6 Å². The van der Waals surface area contributed by atoms with Gasteiger partial charge >= 0.3 is 0 Å². The molecule has 1 heteroatoms. The average Bonchev–Trinajstić information content (AvgIpc) is 2.51. The summed E-state index contributed by atoms with van der Waals surface area (Å²) in [7, 11) is 0. The third kappa shape index (κ3) is 11.5. The van der Waals surface area contributed by atoms with E-state index in [1.54, 1.807) is 0 Å². The summed E-state index contributed by atoms with van der Waals surface area (Å²) in [6, 6.07) is 0. The van der Waals surface area contributed by atoms with Gasteiger partial charge in [-0.2, -0.15) is 0 Å². The van der Waals surface area contributed by atoms with Crippen LogP contribution in [-0.2, 0) is 0 Å². The zero-order chi connectivity index (χ0) is 15.8. The number of halogens is 1. The molecular weight excluding hydrogens is 276 g/mol. The lowest BCUT2D eigenvalue weighted by molar-refractivity contribution is 0.228. The Kier molecular flexibility index (Phi) is 15.4.